The van der Waals surface area contributed by atoms with Crippen LogP contribution in [-0.2, 0) is 39.2 Å². The van der Waals surface area contributed by atoms with Crippen molar-refractivity contribution in [2.75, 3.05) is 32.9 Å². The standard InChI is InChI=1S/C25H38N5O9P/c1-3-17(2)23(30-22(33)13-18-14-28-20-8-5-4-7-19(18)20)25(35)27-10-12-38-40(36,37)39-15-21(29-16-32)24(34)26-9-6-11-31/h4-5,7-8,14,16-17,21,23,28,31H,3,6,9-13,15H2,1-2H3,(H,26,34)(H,27,35)(H,29,32)(H,30,33)(H,36,37)/t17-,21-,23-/m0/s1. The molecule has 0 radical (unpaired) electrons. The number of aliphatic hydroxyl groups excluding tert-OH is 1. The highest BCUT2D eigenvalue weighted by Crippen LogP contribution is 2.42. The monoisotopic (exact) mass is 583 g/mol. The van der Waals surface area contributed by atoms with Gasteiger partial charge in [0, 0.05) is 36.8 Å². The molecule has 0 bridgehead atoms. The lowest BCUT2D eigenvalue weighted by Crippen LogP contribution is -2.51. The molecule has 0 aliphatic carbocycles. The van der Waals surface area contributed by atoms with Crippen molar-refractivity contribution in [2.24, 2.45) is 5.92 Å². The summed E-state index contributed by atoms with van der Waals surface area (Å²) in [7, 11) is -4.63. The van der Waals surface area contributed by atoms with Gasteiger partial charge in [-0.1, -0.05) is 38.5 Å². The molecule has 7 N–H and O–H groups in total. The van der Waals surface area contributed by atoms with E-state index in [2.05, 4.69) is 26.3 Å². The van der Waals surface area contributed by atoms with Gasteiger partial charge in [0.15, 0.2) is 0 Å². The Bertz CT molecular complexity index is 1170. The largest absolute Gasteiger partial charge is 0.472 e. The molecule has 0 aliphatic heterocycles. The number of phosphoric acid groups is 1. The molecule has 0 saturated carbocycles. The van der Waals surface area contributed by atoms with Crippen molar-refractivity contribution in [3.63, 3.8) is 0 Å². The highest BCUT2D eigenvalue weighted by atomic mass is 31.2. The minimum Gasteiger partial charge on any atom is -0.396 e. The SMILES string of the molecule is CC[C@H](C)[C@H](NC(=O)Cc1c[nH]c2ccccc12)C(=O)NCCOP(=O)(O)OC[C@H](NC=O)C(=O)NCCCO. The Labute approximate surface area is 232 Å². The fraction of sp³-hybridized carbons (Fsp3) is 0.520. The highest BCUT2D eigenvalue weighted by molar-refractivity contribution is 7.47. The molecule has 15 heteroatoms. The first-order valence-corrected chi connectivity index (χ1v) is 14.4. The number of hydrogen-bond donors (Lipinski definition) is 7. The van der Waals surface area contributed by atoms with Crippen molar-refractivity contribution in [1.29, 1.82) is 0 Å². The zero-order chi connectivity index (χ0) is 29.5. The number of rotatable bonds is 19. The lowest BCUT2D eigenvalue weighted by atomic mass is 9.98. The van der Waals surface area contributed by atoms with Crippen molar-refractivity contribution >= 4 is 42.9 Å². The van der Waals surface area contributed by atoms with E-state index in [1.807, 2.05) is 38.1 Å². The van der Waals surface area contributed by atoms with Gasteiger partial charge in [-0.25, -0.2) is 4.57 Å². The summed E-state index contributed by atoms with van der Waals surface area (Å²) in [5.74, 6) is -1.66. The molecule has 1 unspecified atom stereocenters. The number of aromatic nitrogens is 1. The summed E-state index contributed by atoms with van der Waals surface area (Å²) < 4.78 is 21.8. The molecule has 222 valence electrons. The molecule has 2 rings (SSSR count). The van der Waals surface area contributed by atoms with E-state index >= 15 is 0 Å². The summed E-state index contributed by atoms with van der Waals surface area (Å²) in [4.78, 5) is 61.4. The number of para-hydroxylation sites is 1. The van der Waals surface area contributed by atoms with Gasteiger partial charge in [-0.15, -0.1) is 0 Å². The molecular weight excluding hydrogens is 545 g/mol. The Morgan fingerprint density at radius 2 is 1.85 bits per heavy atom. The predicted molar refractivity (Wildman–Crippen MR) is 146 cm³/mol. The zero-order valence-corrected chi connectivity index (χ0v) is 23.4. The van der Waals surface area contributed by atoms with Crippen LogP contribution in [0.5, 0.6) is 0 Å². The summed E-state index contributed by atoms with van der Waals surface area (Å²) in [6.07, 6.45) is 2.99. The average Bonchev–Trinajstić information content (AvgIpc) is 3.34. The second-order valence-electron chi connectivity index (χ2n) is 9.06. The molecule has 2 aromatic rings. The zero-order valence-electron chi connectivity index (χ0n) is 22.6. The van der Waals surface area contributed by atoms with E-state index in [-0.39, 0.29) is 44.4 Å². The van der Waals surface area contributed by atoms with Crippen LogP contribution in [0.1, 0.15) is 32.3 Å². The molecule has 1 aromatic carbocycles. The van der Waals surface area contributed by atoms with Crippen LogP contribution in [0.4, 0.5) is 0 Å². The Hall–Kier alpha value is -3.29. The maximum Gasteiger partial charge on any atom is 0.472 e. The van der Waals surface area contributed by atoms with Gasteiger partial charge in [-0.05, 0) is 24.0 Å². The van der Waals surface area contributed by atoms with Crippen LogP contribution in [-0.4, -0.2) is 84.1 Å². The van der Waals surface area contributed by atoms with Gasteiger partial charge < -0.3 is 36.3 Å². The van der Waals surface area contributed by atoms with E-state index in [4.69, 9.17) is 14.2 Å². The topological polar surface area (TPSA) is 208 Å². The molecular formula is C25H38N5O9P. The molecule has 0 aliphatic rings. The smallest absolute Gasteiger partial charge is 0.396 e. The number of aromatic amines is 1. The molecule has 0 saturated heterocycles. The molecule has 40 heavy (non-hydrogen) atoms. The number of carbonyl (C=O) groups is 4. The van der Waals surface area contributed by atoms with Crippen LogP contribution < -0.4 is 21.3 Å². The van der Waals surface area contributed by atoms with Gasteiger partial charge in [-0.2, -0.15) is 0 Å². The van der Waals surface area contributed by atoms with Crippen molar-refractivity contribution in [3.05, 3.63) is 36.0 Å². The van der Waals surface area contributed by atoms with Crippen LogP contribution in [0.25, 0.3) is 10.9 Å². The predicted octanol–water partition coefficient (Wildman–Crippen LogP) is 0.104. The summed E-state index contributed by atoms with van der Waals surface area (Å²) in [6, 6.07) is 5.49. The molecule has 14 nitrogen and oxygen atoms in total. The van der Waals surface area contributed by atoms with Crippen LogP contribution in [0, 0.1) is 5.92 Å². The van der Waals surface area contributed by atoms with Crippen LogP contribution >= 0.6 is 7.82 Å². The number of phosphoric ester groups is 1. The third kappa shape index (κ3) is 10.7. The van der Waals surface area contributed by atoms with Gasteiger partial charge in [0.05, 0.1) is 19.6 Å². The number of H-pyrrole nitrogens is 1. The van der Waals surface area contributed by atoms with Crippen molar-refractivity contribution in [1.82, 2.24) is 26.3 Å². The third-order valence-electron chi connectivity index (χ3n) is 6.12. The number of fused-ring (bicyclic) bond motifs is 1. The second kappa shape index (κ2) is 16.7. The first-order chi connectivity index (χ1) is 19.1. The van der Waals surface area contributed by atoms with E-state index in [1.54, 1.807) is 6.20 Å². The van der Waals surface area contributed by atoms with Gasteiger partial charge in [-0.3, -0.25) is 28.2 Å². The Morgan fingerprint density at radius 1 is 1.12 bits per heavy atom. The van der Waals surface area contributed by atoms with Crippen LogP contribution in [0.15, 0.2) is 30.5 Å². The third-order valence-corrected chi connectivity index (χ3v) is 7.10. The van der Waals surface area contributed by atoms with E-state index in [9.17, 15) is 28.6 Å². The lowest BCUT2D eigenvalue weighted by Gasteiger charge is -2.23. The molecule has 4 amide bonds. The van der Waals surface area contributed by atoms with Crippen molar-refractivity contribution in [3.8, 4) is 0 Å². The molecule has 0 fully saturated rings. The summed E-state index contributed by atoms with van der Waals surface area (Å²) in [6.45, 7) is 2.50. The van der Waals surface area contributed by atoms with Gasteiger partial charge >= 0.3 is 7.82 Å². The van der Waals surface area contributed by atoms with E-state index in [0.717, 1.165) is 16.5 Å². The number of aliphatic hydroxyl groups is 1. The van der Waals surface area contributed by atoms with Crippen LogP contribution in [0.3, 0.4) is 0 Å². The minimum atomic E-state index is -4.63. The number of benzene rings is 1. The highest BCUT2D eigenvalue weighted by Gasteiger charge is 2.28. The molecule has 1 aromatic heterocycles. The quantitative estimate of drug-likeness (QED) is 0.0679. The lowest BCUT2D eigenvalue weighted by molar-refractivity contribution is -0.130. The number of carbonyl (C=O) groups excluding carboxylic acids is 4. The Balaban J connectivity index is 1.83. The average molecular weight is 584 g/mol. The fourth-order valence-electron chi connectivity index (χ4n) is 3.72. The normalized spacial score (nSPS) is 14.9. The second-order valence-corrected chi connectivity index (χ2v) is 10.5. The maximum atomic E-state index is 12.8. The number of amides is 4. The van der Waals surface area contributed by atoms with Crippen LogP contribution in [0.2, 0.25) is 0 Å². The Morgan fingerprint density at radius 3 is 2.55 bits per heavy atom. The van der Waals surface area contributed by atoms with Gasteiger partial charge in [0.1, 0.15) is 12.1 Å². The van der Waals surface area contributed by atoms with E-state index < -0.39 is 44.9 Å². The molecule has 0 spiro atoms. The first kappa shape index (κ1) is 32.9. The van der Waals surface area contributed by atoms with Crippen molar-refractivity contribution in [2.45, 2.75) is 45.2 Å². The van der Waals surface area contributed by atoms with Gasteiger partial charge in [0.25, 0.3) is 0 Å². The molecule has 4 atom stereocenters. The minimum absolute atomic E-state index is 0.0811. The maximum absolute atomic E-state index is 12.8. The van der Waals surface area contributed by atoms with E-state index in [0.29, 0.717) is 12.8 Å². The summed E-state index contributed by atoms with van der Waals surface area (Å²) in [5.41, 5.74) is 1.71. The first-order valence-electron chi connectivity index (χ1n) is 12.9. The van der Waals surface area contributed by atoms with Crippen molar-refractivity contribution < 1.29 is 42.8 Å². The number of nitrogens with one attached hydrogen (secondary N) is 5. The van der Waals surface area contributed by atoms with E-state index in [1.165, 1.54) is 0 Å². The van der Waals surface area contributed by atoms with Gasteiger partial charge in [0.2, 0.25) is 24.1 Å². The molecule has 1 heterocycles. The fourth-order valence-corrected chi connectivity index (χ4v) is 4.46. The number of hydrogen-bond acceptors (Lipinski definition) is 8. The summed E-state index contributed by atoms with van der Waals surface area (Å²) in [5, 5.41) is 19.7. The Kier molecular flexibility index (Phi) is 13.8. The summed E-state index contributed by atoms with van der Waals surface area (Å²) >= 11 is 0.